The van der Waals surface area contributed by atoms with Gasteiger partial charge in [0.25, 0.3) is 5.91 Å². The second-order valence-corrected chi connectivity index (χ2v) is 5.21. The topological polar surface area (TPSA) is 55.1 Å². The van der Waals surface area contributed by atoms with Crippen molar-refractivity contribution in [2.75, 3.05) is 5.32 Å². The molecular formula is C14H12BrClN2O. The molecule has 0 saturated heterocycles. The van der Waals surface area contributed by atoms with Gasteiger partial charge in [-0.05, 0) is 45.8 Å². The maximum atomic E-state index is 12.1. The standard InChI is InChI=1S/C14H12BrClN2O/c15-11-6-5-9(7-12(11)16)14(19)18-13-4-2-1-3-10(13)8-17/h1-7H,8,17H2,(H,18,19). The van der Waals surface area contributed by atoms with E-state index in [4.69, 9.17) is 17.3 Å². The van der Waals surface area contributed by atoms with Crippen LogP contribution in [0, 0.1) is 0 Å². The Labute approximate surface area is 124 Å². The third-order valence-corrected chi connectivity index (χ3v) is 3.90. The first kappa shape index (κ1) is 14.1. The number of anilines is 1. The normalized spacial score (nSPS) is 10.3. The summed E-state index contributed by atoms with van der Waals surface area (Å²) in [5, 5.41) is 3.33. The van der Waals surface area contributed by atoms with Crippen molar-refractivity contribution in [3.05, 3.63) is 63.1 Å². The van der Waals surface area contributed by atoms with Gasteiger partial charge in [-0.1, -0.05) is 29.8 Å². The summed E-state index contributed by atoms with van der Waals surface area (Å²) in [5.41, 5.74) is 7.74. The van der Waals surface area contributed by atoms with Crippen molar-refractivity contribution < 1.29 is 4.79 Å². The fraction of sp³-hybridized carbons (Fsp3) is 0.0714. The summed E-state index contributed by atoms with van der Waals surface area (Å²) in [7, 11) is 0. The van der Waals surface area contributed by atoms with E-state index in [9.17, 15) is 4.79 Å². The number of carbonyl (C=O) groups excluding carboxylic acids is 1. The highest BCUT2D eigenvalue weighted by atomic mass is 79.9. The van der Waals surface area contributed by atoms with Gasteiger partial charge in [-0.25, -0.2) is 0 Å². The predicted molar refractivity (Wildman–Crippen MR) is 81.4 cm³/mol. The average Bonchev–Trinajstić information content (AvgIpc) is 2.42. The highest BCUT2D eigenvalue weighted by Gasteiger charge is 2.09. The Hall–Kier alpha value is -1.36. The van der Waals surface area contributed by atoms with Crippen LogP contribution in [0.15, 0.2) is 46.9 Å². The molecular weight excluding hydrogens is 328 g/mol. The van der Waals surface area contributed by atoms with E-state index in [2.05, 4.69) is 21.2 Å². The maximum absolute atomic E-state index is 12.1. The van der Waals surface area contributed by atoms with Crippen LogP contribution in [0.4, 0.5) is 5.69 Å². The first-order chi connectivity index (χ1) is 9.11. The van der Waals surface area contributed by atoms with Gasteiger partial charge in [0, 0.05) is 22.3 Å². The summed E-state index contributed by atoms with van der Waals surface area (Å²) < 4.78 is 0.757. The van der Waals surface area contributed by atoms with Gasteiger partial charge >= 0.3 is 0 Å². The SMILES string of the molecule is NCc1ccccc1NC(=O)c1ccc(Br)c(Cl)c1. The lowest BCUT2D eigenvalue weighted by atomic mass is 10.1. The Morgan fingerprint density at radius 1 is 1.26 bits per heavy atom. The molecule has 0 unspecified atom stereocenters. The molecule has 0 heterocycles. The summed E-state index contributed by atoms with van der Waals surface area (Å²) in [6, 6.07) is 12.5. The smallest absolute Gasteiger partial charge is 0.255 e. The zero-order valence-corrected chi connectivity index (χ0v) is 12.3. The number of rotatable bonds is 3. The van der Waals surface area contributed by atoms with Crippen LogP contribution in [-0.2, 0) is 6.54 Å². The molecule has 0 aliphatic rings. The fourth-order valence-electron chi connectivity index (χ4n) is 1.65. The Kier molecular flexibility index (Phi) is 4.58. The van der Waals surface area contributed by atoms with Crippen LogP contribution >= 0.6 is 27.5 Å². The molecule has 0 fully saturated rings. The van der Waals surface area contributed by atoms with Gasteiger partial charge < -0.3 is 11.1 Å². The van der Waals surface area contributed by atoms with Gasteiger partial charge in [0.2, 0.25) is 0 Å². The van der Waals surface area contributed by atoms with Crippen molar-refractivity contribution in [3.8, 4) is 0 Å². The third-order valence-electron chi connectivity index (χ3n) is 2.67. The van der Waals surface area contributed by atoms with Crippen molar-refractivity contribution in [3.63, 3.8) is 0 Å². The largest absolute Gasteiger partial charge is 0.326 e. The van der Waals surface area contributed by atoms with Crippen molar-refractivity contribution in [2.24, 2.45) is 5.73 Å². The van der Waals surface area contributed by atoms with E-state index in [0.29, 0.717) is 22.8 Å². The second-order valence-electron chi connectivity index (χ2n) is 3.94. The second kappa shape index (κ2) is 6.19. The van der Waals surface area contributed by atoms with Crippen molar-refractivity contribution in [1.82, 2.24) is 0 Å². The van der Waals surface area contributed by atoms with Gasteiger partial charge in [-0.2, -0.15) is 0 Å². The number of hydrogen-bond acceptors (Lipinski definition) is 2. The van der Waals surface area contributed by atoms with E-state index in [1.807, 2.05) is 24.3 Å². The van der Waals surface area contributed by atoms with Crippen LogP contribution in [0.2, 0.25) is 5.02 Å². The zero-order chi connectivity index (χ0) is 13.8. The molecule has 2 aromatic carbocycles. The van der Waals surface area contributed by atoms with E-state index in [0.717, 1.165) is 10.0 Å². The molecule has 2 aromatic rings. The zero-order valence-electron chi connectivity index (χ0n) is 9.99. The lowest BCUT2D eigenvalue weighted by Crippen LogP contribution is -2.14. The number of amides is 1. The molecule has 0 aromatic heterocycles. The minimum absolute atomic E-state index is 0.213. The van der Waals surface area contributed by atoms with E-state index in [-0.39, 0.29) is 5.91 Å². The van der Waals surface area contributed by atoms with Crippen molar-refractivity contribution >= 4 is 39.1 Å². The van der Waals surface area contributed by atoms with Gasteiger partial charge in [0.15, 0.2) is 0 Å². The Morgan fingerprint density at radius 2 is 2.00 bits per heavy atom. The number of carbonyl (C=O) groups is 1. The molecule has 0 bridgehead atoms. The summed E-state index contributed by atoms with van der Waals surface area (Å²) in [5.74, 6) is -0.213. The molecule has 3 N–H and O–H groups in total. The van der Waals surface area contributed by atoms with E-state index < -0.39 is 0 Å². The van der Waals surface area contributed by atoms with Crippen LogP contribution in [0.3, 0.4) is 0 Å². The molecule has 2 rings (SSSR count). The van der Waals surface area contributed by atoms with Gasteiger partial charge in [0.05, 0.1) is 5.02 Å². The van der Waals surface area contributed by atoms with Crippen LogP contribution in [0.5, 0.6) is 0 Å². The van der Waals surface area contributed by atoms with Gasteiger partial charge in [-0.15, -0.1) is 0 Å². The molecule has 1 amide bonds. The monoisotopic (exact) mass is 338 g/mol. The molecule has 0 atom stereocenters. The van der Waals surface area contributed by atoms with Gasteiger partial charge in [0.1, 0.15) is 0 Å². The maximum Gasteiger partial charge on any atom is 0.255 e. The molecule has 0 aliphatic heterocycles. The highest BCUT2D eigenvalue weighted by Crippen LogP contribution is 2.24. The molecule has 3 nitrogen and oxygen atoms in total. The van der Waals surface area contributed by atoms with Gasteiger partial charge in [-0.3, -0.25) is 4.79 Å². The van der Waals surface area contributed by atoms with Crippen LogP contribution in [0.25, 0.3) is 0 Å². The van der Waals surface area contributed by atoms with Crippen LogP contribution in [-0.4, -0.2) is 5.91 Å². The number of hydrogen-bond donors (Lipinski definition) is 2. The molecule has 98 valence electrons. The van der Waals surface area contributed by atoms with E-state index >= 15 is 0 Å². The predicted octanol–water partition coefficient (Wildman–Crippen LogP) is 3.81. The lowest BCUT2D eigenvalue weighted by Gasteiger charge is -2.10. The minimum Gasteiger partial charge on any atom is -0.326 e. The number of nitrogens with two attached hydrogens (primary N) is 1. The van der Waals surface area contributed by atoms with E-state index in [1.54, 1.807) is 18.2 Å². The highest BCUT2D eigenvalue weighted by molar-refractivity contribution is 9.10. The number of nitrogens with one attached hydrogen (secondary N) is 1. The quantitative estimate of drug-likeness (QED) is 0.893. The average molecular weight is 340 g/mol. The summed E-state index contributed by atoms with van der Waals surface area (Å²) in [6.45, 7) is 0.373. The Bertz CT molecular complexity index is 616. The Morgan fingerprint density at radius 3 is 2.68 bits per heavy atom. The minimum atomic E-state index is -0.213. The molecule has 0 radical (unpaired) electrons. The van der Waals surface area contributed by atoms with Crippen LogP contribution in [0.1, 0.15) is 15.9 Å². The molecule has 19 heavy (non-hydrogen) atoms. The first-order valence-electron chi connectivity index (χ1n) is 5.66. The molecule has 0 aliphatic carbocycles. The van der Waals surface area contributed by atoms with Crippen molar-refractivity contribution in [1.29, 1.82) is 0 Å². The third kappa shape index (κ3) is 3.35. The summed E-state index contributed by atoms with van der Waals surface area (Å²) in [4.78, 5) is 12.1. The molecule has 0 saturated carbocycles. The number of para-hydroxylation sites is 1. The summed E-state index contributed by atoms with van der Waals surface area (Å²) in [6.07, 6.45) is 0. The number of benzene rings is 2. The summed E-state index contributed by atoms with van der Waals surface area (Å²) >= 11 is 9.26. The van der Waals surface area contributed by atoms with Crippen LogP contribution < -0.4 is 11.1 Å². The first-order valence-corrected chi connectivity index (χ1v) is 6.83. The lowest BCUT2D eigenvalue weighted by molar-refractivity contribution is 0.102. The Balaban J connectivity index is 2.23. The van der Waals surface area contributed by atoms with Crippen molar-refractivity contribution in [2.45, 2.75) is 6.54 Å². The number of halogens is 2. The fourth-order valence-corrected chi connectivity index (χ4v) is 2.08. The molecule has 0 spiro atoms. The molecule has 5 heteroatoms. The van der Waals surface area contributed by atoms with E-state index in [1.165, 1.54) is 0 Å².